The summed E-state index contributed by atoms with van der Waals surface area (Å²) in [4.78, 5) is 12.6. The minimum atomic E-state index is -3.87. The van der Waals surface area contributed by atoms with Crippen LogP contribution in [0.4, 0.5) is 10.1 Å². The van der Waals surface area contributed by atoms with Gasteiger partial charge in [0.25, 0.3) is 10.2 Å². The van der Waals surface area contributed by atoms with Crippen molar-refractivity contribution in [1.29, 1.82) is 0 Å². The van der Waals surface area contributed by atoms with Gasteiger partial charge in [-0.2, -0.15) is 8.42 Å². The predicted octanol–water partition coefficient (Wildman–Crippen LogP) is 3.44. The molecule has 0 bridgehead atoms. The van der Waals surface area contributed by atoms with Crippen LogP contribution in [0.1, 0.15) is 22.3 Å². The zero-order chi connectivity index (χ0) is 21.2. The van der Waals surface area contributed by atoms with Crippen LogP contribution in [0, 0.1) is 12.7 Å². The van der Waals surface area contributed by atoms with Crippen LogP contribution in [-0.4, -0.2) is 15.5 Å². The molecule has 2 aromatic carbocycles. The molecule has 0 fully saturated rings. The molecule has 152 valence electrons. The lowest BCUT2D eigenvalue weighted by atomic mass is 9.98. The van der Waals surface area contributed by atoms with Crippen LogP contribution < -0.4 is 15.1 Å². The summed E-state index contributed by atoms with van der Waals surface area (Å²) < 4.78 is 47.8. The number of rotatable bonds is 7. The van der Waals surface area contributed by atoms with Crippen molar-refractivity contribution in [3.8, 4) is 0 Å². The monoisotopic (exact) mass is 416 g/mol. The Labute approximate surface area is 168 Å². The van der Waals surface area contributed by atoms with Crippen molar-refractivity contribution in [2.75, 3.05) is 11.8 Å². The first-order chi connectivity index (χ1) is 13.8. The molecule has 0 aliphatic carbocycles. The van der Waals surface area contributed by atoms with E-state index >= 15 is 0 Å². The lowest BCUT2D eigenvalue weighted by molar-refractivity contribution is 0.548. The molecule has 0 amide bonds. The fourth-order valence-electron chi connectivity index (χ4n) is 3.12. The minimum absolute atomic E-state index is 0.0283. The minimum Gasteiger partial charge on any atom is -0.422 e. The highest BCUT2D eigenvalue weighted by atomic mass is 32.2. The normalized spacial score (nSPS) is 11.6. The van der Waals surface area contributed by atoms with Crippen molar-refractivity contribution in [2.45, 2.75) is 19.8 Å². The highest BCUT2D eigenvalue weighted by Crippen LogP contribution is 2.25. The fourth-order valence-corrected chi connectivity index (χ4v) is 3.67. The number of hydrogen-bond donors (Lipinski definition) is 2. The van der Waals surface area contributed by atoms with Gasteiger partial charge in [0.2, 0.25) is 0 Å². The summed E-state index contributed by atoms with van der Waals surface area (Å²) >= 11 is 0. The molecular formula is C21H21FN2O4S. The summed E-state index contributed by atoms with van der Waals surface area (Å²) in [7, 11) is -2.65. The van der Waals surface area contributed by atoms with E-state index in [4.69, 9.17) is 4.42 Å². The van der Waals surface area contributed by atoms with E-state index in [9.17, 15) is 17.6 Å². The third kappa shape index (κ3) is 4.38. The Hall–Kier alpha value is -2.97. The molecule has 0 radical (unpaired) electrons. The second kappa shape index (κ2) is 8.18. The van der Waals surface area contributed by atoms with Crippen LogP contribution in [0.3, 0.4) is 0 Å². The average Bonchev–Trinajstić information content (AvgIpc) is 2.68. The van der Waals surface area contributed by atoms with Gasteiger partial charge in [0.15, 0.2) is 5.82 Å². The zero-order valence-electron chi connectivity index (χ0n) is 16.1. The third-order valence-electron chi connectivity index (χ3n) is 4.69. The van der Waals surface area contributed by atoms with E-state index in [1.807, 2.05) is 12.1 Å². The van der Waals surface area contributed by atoms with E-state index in [0.29, 0.717) is 23.1 Å². The molecule has 8 heteroatoms. The number of fused-ring (bicyclic) bond motifs is 1. The van der Waals surface area contributed by atoms with Gasteiger partial charge in [-0.1, -0.05) is 30.3 Å². The number of halogens is 1. The Morgan fingerprint density at radius 2 is 2.00 bits per heavy atom. The molecule has 0 unspecified atom stereocenters. The number of allylic oxidation sites excluding steroid dienone is 1. The first-order valence-electron chi connectivity index (χ1n) is 8.90. The highest BCUT2D eigenvalue weighted by molar-refractivity contribution is 7.90. The summed E-state index contributed by atoms with van der Waals surface area (Å²) in [5, 5.41) is 0.764. The van der Waals surface area contributed by atoms with Crippen molar-refractivity contribution in [2.24, 2.45) is 0 Å². The number of aryl methyl sites for hydroxylation is 1. The maximum Gasteiger partial charge on any atom is 0.340 e. The highest BCUT2D eigenvalue weighted by Gasteiger charge is 2.17. The molecule has 0 aliphatic heterocycles. The molecule has 0 atom stereocenters. The van der Waals surface area contributed by atoms with Crippen molar-refractivity contribution >= 4 is 26.9 Å². The third-order valence-corrected chi connectivity index (χ3v) is 5.72. The standard InChI is InChI=1S/C21H21FN2O4S/c1-4-6-14-9-10-16-13(2)17(21(25)28-19(16)11-14)12-15-7-5-8-18(20(15)22)24-29(26,27)23-3/h4-5,7-11,23-24H,1,6,12H2,2-3H3. The molecule has 0 spiro atoms. The van der Waals surface area contributed by atoms with Gasteiger partial charge < -0.3 is 4.42 Å². The van der Waals surface area contributed by atoms with Gasteiger partial charge in [-0.15, -0.1) is 6.58 Å². The Morgan fingerprint density at radius 3 is 2.69 bits per heavy atom. The van der Waals surface area contributed by atoms with Gasteiger partial charge >= 0.3 is 5.63 Å². The molecule has 2 N–H and O–H groups in total. The van der Waals surface area contributed by atoms with E-state index in [1.54, 1.807) is 19.1 Å². The molecule has 3 rings (SSSR count). The van der Waals surface area contributed by atoms with Gasteiger partial charge in [-0.25, -0.2) is 13.9 Å². The van der Waals surface area contributed by atoms with E-state index in [1.165, 1.54) is 25.2 Å². The van der Waals surface area contributed by atoms with Gasteiger partial charge in [0.05, 0.1) is 5.69 Å². The molecule has 0 saturated heterocycles. The van der Waals surface area contributed by atoms with Crippen LogP contribution in [-0.2, 0) is 23.1 Å². The number of hydrogen-bond acceptors (Lipinski definition) is 4. The quantitative estimate of drug-likeness (QED) is 0.456. The number of benzene rings is 2. The van der Waals surface area contributed by atoms with E-state index in [2.05, 4.69) is 16.0 Å². The van der Waals surface area contributed by atoms with Crippen molar-refractivity contribution in [3.63, 3.8) is 0 Å². The van der Waals surface area contributed by atoms with Gasteiger partial charge in [-0.05, 0) is 42.2 Å². The topological polar surface area (TPSA) is 88.4 Å². The molecule has 29 heavy (non-hydrogen) atoms. The molecule has 6 nitrogen and oxygen atoms in total. The maximum absolute atomic E-state index is 14.8. The first-order valence-corrected chi connectivity index (χ1v) is 10.4. The van der Waals surface area contributed by atoms with E-state index in [0.717, 1.165) is 10.9 Å². The predicted molar refractivity (Wildman–Crippen MR) is 112 cm³/mol. The van der Waals surface area contributed by atoms with Crippen LogP contribution in [0.5, 0.6) is 0 Å². The zero-order valence-corrected chi connectivity index (χ0v) is 16.9. The van der Waals surface area contributed by atoms with E-state index < -0.39 is 21.7 Å². The summed E-state index contributed by atoms with van der Waals surface area (Å²) in [5.41, 5.74) is 1.88. The van der Waals surface area contributed by atoms with Crippen molar-refractivity contribution in [1.82, 2.24) is 4.72 Å². The molecular weight excluding hydrogens is 395 g/mol. The Morgan fingerprint density at radius 1 is 1.24 bits per heavy atom. The SMILES string of the molecule is C=CCc1ccc2c(C)c(Cc3cccc(NS(=O)(=O)NC)c3F)c(=O)oc2c1. The summed E-state index contributed by atoms with van der Waals surface area (Å²) in [6, 6.07) is 9.92. The lowest BCUT2D eigenvalue weighted by Gasteiger charge is -2.12. The van der Waals surface area contributed by atoms with Crippen molar-refractivity contribution in [3.05, 3.63) is 87.5 Å². The van der Waals surface area contributed by atoms with Crippen LogP contribution in [0.25, 0.3) is 11.0 Å². The Balaban J connectivity index is 2.03. The second-order valence-electron chi connectivity index (χ2n) is 6.58. The molecule has 0 aliphatic rings. The molecule has 3 aromatic rings. The molecule has 1 heterocycles. The Kier molecular flexibility index (Phi) is 5.86. The van der Waals surface area contributed by atoms with Gasteiger partial charge in [0.1, 0.15) is 5.58 Å². The van der Waals surface area contributed by atoms with Crippen LogP contribution >= 0.6 is 0 Å². The second-order valence-corrected chi connectivity index (χ2v) is 8.20. The Bertz CT molecular complexity index is 1250. The van der Waals surface area contributed by atoms with Gasteiger partial charge in [0, 0.05) is 24.4 Å². The van der Waals surface area contributed by atoms with Crippen LogP contribution in [0.15, 0.2) is 58.3 Å². The summed E-state index contributed by atoms with van der Waals surface area (Å²) in [5.74, 6) is -0.744. The summed E-state index contributed by atoms with van der Waals surface area (Å²) in [6.45, 7) is 5.49. The average molecular weight is 416 g/mol. The molecule has 1 aromatic heterocycles. The summed E-state index contributed by atoms with van der Waals surface area (Å²) in [6.07, 6.45) is 2.39. The van der Waals surface area contributed by atoms with Crippen molar-refractivity contribution < 1.29 is 17.2 Å². The van der Waals surface area contributed by atoms with Gasteiger partial charge in [-0.3, -0.25) is 4.72 Å². The smallest absolute Gasteiger partial charge is 0.340 e. The maximum atomic E-state index is 14.8. The number of anilines is 1. The first kappa shape index (κ1) is 20.8. The number of nitrogens with one attached hydrogen (secondary N) is 2. The fraction of sp³-hybridized carbons (Fsp3) is 0.190. The van der Waals surface area contributed by atoms with E-state index in [-0.39, 0.29) is 17.7 Å². The lowest BCUT2D eigenvalue weighted by Crippen LogP contribution is -2.27. The largest absolute Gasteiger partial charge is 0.422 e. The molecule has 0 saturated carbocycles. The van der Waals surface area contributed by atoms with Crippen LogP contribution in [0.2, 0.25) is 0 Å².